The maximum atomic E-state index is 11.8. The summed E-state index contributed by atoms with van der Waals surface area (Å²) in [4.78, 5) is 11.8. The molecule has 1 aliphatic rings. The van der Waals surface area contributed by atoms with Crippen LogP contribution < -0.4 is 10.6 Å². The van der Waals surface area contributed by atoms with Crippen molar-refractivity contribution in [3.63, 3.8) is 0 Å². The third kappa shape index (κ3) is 2.33. The van der Waals surface area contributed by atoms with Crippen LogP contribution in [0.2, 0.25) is 0 Å². The van der Waals surface area contributed by atoms with E-state index in [4.69, 9.17) is 0 Å². The minimum Gasteiger partial charge on any atom is -0.508 e. The number of carbonyl (C=O) groups excluding carboxylic acids is 1. The first-order valence-corrected chi connectivity index (χ1v) is 5.50. The lowest BCUT2D eigenvalue weighted by atomic mass is 10.2. The average Bonchev–Trinajstić information content (AvgIpc) is 2.77. The van der Waals surface area contributed by atoms with Gasteiger partial charge in [-0.1, -0.05) is 0 Å². The Labute approximate surface area is 94.7 Å². The predicted octanol–water partition coefficient (Wildman–Crippen LogP) is 1.39. The zero-order valence-electron chi connectivity index (χ0n) is 9.29. The van der Waals surface area contributed by atoms with Crippen LogP contribution in [-0.2, 0) is 4.79 Å². The lowest BCUT2D eigenvalue weighted by Crippen LogP contribution is -2.35. The molecule has 0 saturated carbocycles. The maximum Gasteiger partial charge on any atom is 0.241 e. The van der Waals surface area contributed by atoms with E-state index in [1.54, 1.807) is 25.1 Å². The lowest BCUT2D eigenvalue weighted by molar-refractivity contribution is -0.117. The fourth-order valence-corrected chi connectivity index (χ4v) is 1.87. The molecular weight excluding hydrogens is 204 g/mol. The number of nitrogens with one attached hydrogen (secondary N) is 2. The second kappa shape index (κ2) is 4.53. The van der Waals surface area contributed by atoms with E-state index in [1.165, 1.54) is 0 Å². The van der Waals surface area contributed by atoms with Crippen molar-refractivity contribution in [3.05, 3.63) is 23.8 Å². The molecule has 0 radical (unpaired) electrons. The van der Waals surface area contributed by atoms with Crippen LogP contribution in [0.1, 0.15) is 18.4 Å². The van der Waals surface area contributed by atoms with Crippen molar-refractivity contribution in [1.82, 2.24) is 5.32 Å². The molecule has 1 aliphatic heterocycles. The van der Waals surface area contributed by atoms with Crippen molar-refractivity contribution in [3.8, 4) is 5.75 Å². The Bertz CT molecular complexity index is 398. The second-order valence-electron chi connectivity index (χ2n) is 4.14. The van der Waals surface area contributed by atoms with Gasteiger partial charge in [0.2, 0.25) is 5.91 Å². The van der Waals surface area contributed by atoms with Crippen molar-refractivity contribution in [1.29, 1.82) is 0 Å². The highest BCUT2D eigenvalue weighted by Crippen LogP contribution is 2.20. The molecular formula is C12H16N2O2. The molecule has 1 amide bonds. The number of aromatic hydroxyl groups is 1. The average molecular weight is 220 g/mol. The van der Waals surface area contributed by atoms with Crippen molar-refractivity contribution < 1.29 is 9.90 Å². The Morgan fingerprint density at radius 2 is 2.38 bits per heavy atom. The normalized spacial score (nSPS) is 19.7. The van der Waals surface area contributed by atoms with Gasteiger partial charge in [0.1, 0.15) is 5.75 Å². The molecule has 4 nitrogen and oxygen atoms in total. The predicted molar refractivity (Wildman–Crippen MR) is 62.5 cm³/mol. The first-order valence-electron chi connectivity index (χ1n) is 5.50. The van der Waals surface area contributed by atoms with E-state index in [-0.39, 0.29) is 17.7 Å². The second-order valence-corrected chi connectivity index (χ2v) is 4.14. The van der Waals surface area contributed by atoms with E-state index < -0.39 is 0 Å². The van der Waals surface area contributed by atoms with Crippen LogP contribution >= 0.6 is 0 Å². The number of rotatable bonds is 2. The fraction of sp³-hybridized carbons (Fsp3) is 0.417. The SMILES string of the molecule is Cc1cc(NC(=O)[C@H]2CCCN2)ccc1O. The summed E-state index contributed by atoms with van der Waals surface area (Å²) in [7, 11) is 0. The number of phenols is 1. The van der Waals surface area contributed by atoms with Gasteiger partial charge in [0.15, 0.2) is 0 Å². The number of amides is 1. The molecule has 1 atom stereocenters. The van der Waals surface area contributed by atoms with Crippen LogP contribution in [0, 0.1) is 6.92 Å². The van der Waals surface area contributed by atoms with Gasteiger partial charge in [0.05, 0.1) is 6.04 Å². The molecule has 1 aromatic rings. The van der Waals surface area contributed by atoms with Crippen LogP contribution in [0.15, 0.2) is 18.2 Å². The Morgan fingerprint density at radius 3 is 3.00 bits per heavy atom. The van der Waals surface area contributed by atoms with Gasteiger partial charge in [-0.25, -0.2) is 0 Å². The van der Waals surface area contributed by atoms with Crippen LogP contribution in [0.3, 0.4) is 0 Å². The number of phenolic OH excluding ortho intramolecular Hbond substituents is 1. The molecule has 1 heterocycles. The highest BCUT2D eigenvalue weighted by molar-refractivity contribution is 5.95. The summed E-state index contributed by atoms with van der Waals surface area (Å²) in [5, 5.41) is 15.3. The Morgan fingerprint density at radius 1 is 1.56 bits per heavy atom. The van der Waals surface area contributed by atoms with Crippen LogP contribution in [0.5, 0.6) is 5.75 Å². The minimum atomic E-state index is -0.0749. The standard InChI is InChI=1S/C12H16N2O2/c1-8-7-9(4-5-11(8)15)14-12(16)10-3-2-6-13-10/h4-5,7,10,13,15H,2-3,6H2,1H3,(H,14,16)/t10-/m1/s1. The van der Waals surface area contributed by atoms with Gasteiger partial charge in [-0.15, -0.1) is 0 Å². The monoisotopic (exact) mass is 220 g/mol. The Hall–Kier alpha value is -1.55. The summed E-state index contributed by atoms with van der Waals surface area (Å²) in [5.41, 5.74) is 1.49. The van der Waals surface area contributed by atoms with E-state index in [0.717, 1.165) is 30.6 Å². The van der Waals surface area contributed by atoms with E-state index in [1.807, 2.05) is 0 Å². The zero-order chi connectivity index (χ0) is 11.5. The van der Waals surface area contributed by atoms with Gasteiger partial charge in [0.25, 0.3) is 0 Å². The van der Waals surface area contributed by atoms with Crippen LogP contribution in [-0.4, -0.2) is 23.6 Å². The van der Waals surface area contributed by atoms with Crippen molar-refractivity contribution in [2.45, 2.75) is 25.8 Å². The molecule has 2 rings (SSSR count). The third-order valence-electron chi connectivity index (χ3n) is 2.84. The number of carbonyl (C=O) groups is 1. The quantitative estimate of drug-likeness (QED) is 0.660. The van der Waals surface area contributed by atoms with E-state index >= 15 is 0 Å². The fourth-order valence-electron chi connectivity index (χ4n) is 1.87. The molecule has 1 fully saturated rings. The van der Waals surface area contributed by atoms with Crippen molar-refractivity contribution in [2.75, 3.05) is 11.9 Å². The molecule has 0 bridgehead atoms. The third-order valence-corrected chi connectivity index (χ3v) is 2.84. The molecule has 86 valence electrons. The Kier molecular flexibility index (Phi) is 3.10. The molecule has 0 unspecified atom stereocenters. The maximum absolute atomic E-state index is 11.8. The molecule has 16 heavy (non-hydrogen) atoms. The summed E-state index contributed by atoms with van der Waals surface area (Å²) in [6.45, 7) is 2.71. The minimum absolute atomic E-state index is 0.00240. The zero-order valence-corrected chi connectivity index (χ0v) is 9.29. The van der Waals surface area contributed by atoms with Crippen molar-refractivity contribution in [2.24, 2.45) is 0 Å². The van der Waals surface area contributed by atoms with Crippen LogP contribution in [0.25, 0.3) is 0 Å². The molecule has 0 aromatic heterocycles. The summed E-state index contributed by atoms with van der Waals surface area (Å²) in [6, 6.07) is 4.99. The van der Waals surface area contributed by atoms with Gasteiger partial charge in [-0.2, -0.15) is 0 Å². The van der Waals surface area contributed by atoms with Crippen LogP contribution in [0.4, 0.5) is 5.69 Å². The van der Waals surface area contributed by atoms with Gasteiger partial charge < -0.3 is 15.7 Å². The Balaban J connectivity index is 2.02. The molecule has 4 heteroatoms. The molecule has 1 saturated heterocycles. The molecule has 3 N–H and O–H groups in total. The van der Waals surface area contributed by atoms with Crippen molar-refractivity contribution >= 4 is 11.6 Å². The van der Waals surface area contributed by atoms with Gasteiger partial charge >= 0.3 is 0 Å². The number of anilines is 1. The molecule has 0 spiro atoms. The summed E-state index contributed by atoms with van der Waals surface area (Å²) >= 11 is 0. The largest absolute Gasteiger partial charge is 0.508 e. The van der Waals surface area contributed by atoms with Gasteiger partial charge in [-0.3, -0.25) is 4.79 Å². The van der Waals surface area contributed by atoms with E-state index in [0.29, 0.717) is 0 Å². The molecule has 1 aromatic carbocycles. The molecule has 0 aliphatic carbocycles. The number of benzene rings is 1. The van der Waals surface area contributed by atoms with E-state index in [9.17, 15) is 9.90 Å². The van der Waals surface area contributed by atoms with Gasteiger partial charge in [-0.05, 0) is 50.1 Å². The topological polar surface area (TPSA) is 61.4 Å². The summed E-state index contributed by atoms with van der Waals surface area (Å²) in [6.07, 6.45) is 1.94. The summed E-state index contributed by atoms with van der Waals surface area (Å²) < 4.78 is 0. The number of hydrogen-bond donors (Lipinski definition) is 3. The summed E-state index contributed by atoms with van der Waals surface area (Å²) in [5.74, 6) is 0.250. The highest BCUT2D eigenvalue weighted by atomic mass is 16.3. The number of aryl methyl sites for hydroxylation is 1. The highest BCUT2D eigenvalue weighted by Gasteiger charge is 2.21. The lowest BCUT2D eigenvalue weighted by Gasteiger charge is -2.11. The first-order chi connectivity index (χ1) is 7.66. The van der Waals surface area contributed by atoms with E-state index in [2.05, 4.69) is 10.6 Å². The van der Waals surface area contributed by atoms with Gasteiger partial charge in [0, 0.05) is 5.69 Å². The number of hydrogen-bond acceptors (Lipinski definition) is 3. The first kappa shape index (κ1) is 11.0. The smallest absolute Gasteiger partial charge is 0.241 e.